The van der Waals surface area contributed by atoms with E-state index in [2.05, 4.69) is 14.7 Å². The maximum absolute atomic E-state index is 14.9. The molecule has 1 unspecified atom stereocenters. The monoisotopic (exact) mass is 422 g/mol. The molecule has 7 nitrogen and oxygen atoms in total. The van der Waals surface area contributed by atoms with E-state index in [9.17, 15) is 26.4 Å². The van der Waals surface area contributed by atoms with Crippen LogP contribution >= 0.6 is 0 Å². The van der Waals surface area contributed by atoms with Gasteiger partial charge in [-0.2, -0.15) is 13.5 Å². The number of hydrogen-bond acceptors (Lipinski definition) is 6. The Kier molecular flexibility index (Phi) is 6.39. The zero-order valence-corrected chi connectivity index (χ0v) is 16.6. The summed E-state index contributed by atoms with van der Waals surface area (Å²) < 4.78 is 73.4. The Balaban J connectivity index is 2.24. The number of alkyl halides is 2. The van der Waals surface area contributed by atoms with Crippen LogP contribution in [-0.2, 0) is 19.1 Å². The van der Waals surface area contributed by atoms with E-state index < -0.39 is 35.1 Å². The Morgan fingerprint density at radius 1 is 1.32 bits per heavy atom. The highest BCUT2D eigenvalue weighted by molar-refractivity contribution is 7.85. The number of carbonyl (C=O) groups is 1. The fourth-order valence-electron chi connectivity index (χ4n) is 2.74. The molecule has 0 aromatic heterocycles. The van der Waals surface area contributed by atoms with Gasteiger partial charge in [0.25, 0.3) is 10.1 Å². The van der Waals surface area contributed by atoms with Gasteiger partial charge in [0.15, 0.2) is 6.61 Å². The highest BCUT2D eigenvalue weighted by atomic mass is 32.2. The first-order valence-corrected chi connectivity index (χ1v) is 10.1. The summed E-state index contributed by atoms with van der Waals surface area (Å²) in [5.41, 5.74) is 3.20. The standard InChI is InChI=1S/C17H21F3N2O5S/c1-9-6-13(23)21-22-15(9)12-5-10(2)16(11(3)14(12)18)26-7-17(19,20)8-27-28(4,24)25/h5,9H,6-8H2,1-4H3,(H,21,23). The summed E-state index contributed by atoms with van der Waals surface area (Å²) in [5.74, 6) is -4.95. The second-order valence-corrected chi connectivity index (χ2v) is 8.40. The number of nitrogens with zero attached hydrogens (tertiary/aromatic N) is 1. The number of carbonyl (C=O) groups excluding carboxylic acids is 1. The minimum Gasteiger partial charge on any atom is -0.487 e. The van der Waals surface area contributed by atoms with Gasteiger partial charge < -0.3 is 4.74 Å². The summed E-state index contributed by atoms with van der Waals surface area (Å²) in [6.07, 6.45) is 0.810. The number of nitrogens with one attached hydrogen (secondary N) is 1. The van der Waals surface area contributed by atoms with Crippen LogP contribution in [0, 0.1) is 25.6 Å². The van der Waals surface area contributed by atoms with Gasteiger partial charge in [0.05, 0.1) is 12.0 Å². The third-order valence-electron chi connectivity index (χ3n) is 4.07. The van der Waals surface area contributed by atoms with Crippen molar-refractivity contribution in [3.63, 3.8) is 0 Å². The number of benzene rings is 1. The van der Waals surface area contributed by atoms with E-state index in [0.29, 0.717) is 17.5 Å². The molecule has 1 aromatic rings. The third-order valence-corrected chi connectivity index (χ3v) is 4.62. The molecule has 156 valence electrons. The summed E-state index contributed by atoms with van der Waals surface area (Å²) >= 11 is 0. The molecule has 11 heteroatoms. The van der Waals surface area contributed by atoms with Crippen molar-refractivity contribution >= 4 is 21.7 Å². The van der Waals surface area contributed by atoms with Gasteiger partial charge in [0, 0.05) is 23.5 Å². The molecule has 0 spiro atoms. The number of amides is 1. The Morgan fingerprint density at radius 3 is 2.54 bits per heavy atom. The van der Waals surface area contributed by atoms with Crippen molar-refractivity contribution < 1.29 is 35.3 Å². The van der Waals surface area contributed by atoms with Crippen LogP contribution in [0.25, 0.3) is 0 Å². The Hall–Kier alpha value is -2.14. The molecule has 1 aliphatic rings. The van der Waals surface area contributed by atoms with E-state index in [-0.39, 0.29) is 35.1 Å². The van der Waals surface area contributed by atoms with Crippen molar-refractivity contribution in [1.82, 2.24) is 5.43 Å². The predicted molar refractivity (Wildman–Crippen MR) is 95.6 cm³/mol. The van der Waals surface area contributed by atoms with Gasteiger partial charge in [0.2, 0.25) is 5.91 Å². The number of halogens is 3. The molecular weight excluding hydrogens is 401 g/mol. The number of hydrazone groups is 1. The topological polar surface area (TPSA) is 94.1 Å². The summed E-state index contributed by atoms with van der Waals surface area (Å²) in [4.78, 5) is 11.4. The lowest BCUT2D eigenvalue weighted by Gasteiger charge is -2.23. The fraction of sp³-hybridized carbons (Fsp3) is 0.529. The number of hydrogen-bond donors (Lipinski definition) is 1. The average molecular weight is 422 g/mol. The SMILES string of the molecule is Cc1cc(C2=NNC(=O)CC2C)c(F)c(C)c1OCC(F)(F)COS(C)(=O)=O. The number of rotatable bonds is 7. The maximum atomic E-state index is 14.9. The van der Waals surface area contributed by atoms with Gasteiger partial charge in [-0.15, -0.1) is 0 Å². The molecule has 1 aromatic carbocycles. The molecule has 1 N–H and O–H groups in total. The Bertz CT molecular complexity index is 916. The van der Waals surface area contributed by atoms with Gasteiger partial charge in [-0.05, 0) is 25.5 Å². The predicted octanol–water partition coefficient (Wildman–Crippen LogP) is 2.29. The van der Waals surface area contributed by atoms with Crippen molar-refractivity contribution in [3.05, 3.63) is 28.6 Å². The van der Waals surface area contributed by atoms with Crippen LogP contribution in [0.2, 0.25) is 0 Å². The molecule has 0 aliphatic carbocycles. The molecule has 0 saturated heterocycles. The van der Waals surface area contributed by atoms with Crippen LogP contribution in [0.5, 0.6) is 5.75 Å². The Morgan fingerprint density at radius 2 is 1.96 bits per heavy atom. The highest BCUT2D eigenvalue weighted by Gasteiger charge is 2.33. The lowest BCUT2D eigenvalue weighted by atomic mass is 9.91. The van der Waals surface area contributed by atoms with E-state index in [1.165, 1.54) is 13.0 Å². The van der Waals surface area contributed by atoms with Gasteiger partial charge in [0.1, 0.15) is 18.2 Å². The normalized spacial score (nSPS) is 17.9. The number of ether oxygens (including phenoxy) is 1. The van der Waals surface area contributed by atoms with Crippen molar-refractivity contribution in [2.45, 2.75) is 33.1 Å². The lowest BCUT2D eigenvalue weighted by Crippen LogP contribution is -2.33. The second-order valence-electron chi connectivity index (χ2n) is 6.76. The Labute approximate surface area is 161 Å². The summed E-state index contributed by atoms with van der Waals surface area (Å²) in [6.45, 7) is 2.10. The van der Waals surface area contributed by atoms with Crippen LogP contribution in [0.15, 0.2) is 11.2 Å². The zero-order valence-electron chi connectivity index (χ0n) is 15.8. The van der Waals surface area contributed by atoms with Gasteiger partial charge in [-0.25, -0.2) is 18.6 Å². The van der Waals surface area contributed by atoms with Crippen LogP contribution in [0.3, 0.4) is 0 Å². The van der Waals surface area contributed by atoms with Crippen molar-refractivity contribution in [2.75, 3.05) is 19.5 Å². The molecule has 1 heterocycles. The third kappa shape index (κ3) is 5.44. The first kappa shape index (κ1) is 22.2. The van der Waals surface area contributed by atoms with E-state index in [1.807, 2.05) is 0 Å². The molecule has 1 atom stereocenters. The van der Waals surface area contributed by atoms with Gasteiger partial charge in [-0.3, -0.25) is 8.98 Å². The smallest absolute Gasteiger partial charge is 0.305 e. The van der Waals surface area contributed by atoms with Crippen LogP contribution in [0.4, 0.5) is 13.2 Å². The maximum Gasteiger partial charge on any atom is 0.305 e. The minimum absolute atomic E-state index is 0.00151. The van der Waals surface area contributed by atoms with E-state index in [4.69, 9.17) is 4.74 Å². The summed E-state index contributed by atoms with van der Waals surface area (Å²) in [7, 11) is -4.03. The van der Waals surface area contributed by atoms with Gasteiger partial charge in [-0.1, -0.05) is 6.92 Å². The van der Waals surface area contributed by atoms with Crippen LogP contribution < -0.4 is 10.2 Å². The first-order chi connectivity index (χ1) is 12.8. The van der Waals surface area contributed by atoms with Crippen LogP contribution in [-0.4, -0.2) is 45.4 Å². The van der Waals surface area contributed by atoms with Gasteiger partial charge >= 0.3 is 5.92 Å². The highest BCUT2D eigenvalue weighted by Crippen LogP contribution is 2.32. The molecule has 28 heavy (non-hydrogen) atoms. The largest absolute Gasteiger partial charge is 0.487 e. The molecule has 2 rings (SSSR count). The molecule has 0 bridgehead atoms. The zero-order chi connectivity index (χ0) is 21.3. The quantitative estimate of drug-likeness (QED) is 0.681. The molecule has 1 amide bonds. The molecule has 0 fully saturated rings. The summed E-state index contributed by atoms with van der Waals surface area (Å²) in [5, 5.41) is 3.91. The van der Waals surface area contributed by atoms with Crippen molar-refractivity contribution in [1.29, 1.82) is 0 Å². The van der Waals surface area contributed by atoms with Crippen molar-refractivity contribution in [3.8, 4) is 5.75 Å². The van der Waals surface area contributed by atoms with Crippen molar-refractivity contribution in [2.24, 2.45) is 11.0 Å². The first-order valence-electron chi connectivity index (χ1n) is 8.32. The molecule has 1 aliphatic heterocycles. The van der Waals surface area contributed by atoms with E-state index in [0.717, 1.165) is 0 Å². The molecular formula is C17H21F3N2O5S. The summed E-state index contributed by atoms with van der Waals surface area (Å²) in [6, 6.07) is 1.41. The number of aryl methyl sites for hydroxylation is 1. The second kappa shape index (κ2) is 8.08. The lowest BCUT2D eigenvalue weighted by molar-refractivity contribution is -0.121. The average Bonchev–Trinajstić information content (AvgIpc) is 2.56. The van der Waals surface area contributed by atoms with E-state index >= 15 is 0 Å². The van der Waals surface area contributed by atoms with E-state index in [1.54, 1.807) is 13.8 Å². The fourth-order valence-corrected chi connectivity index (χ4v) is 3.13. The molecule has 0 radical (unpaired) electrons. The van der Waals surface area contributed by atoms with Crippen LogP contribution in [0.1, 0.15) is 30.0 Å². The molecule has 0 saturated carbocycles. The minimum atomic E-state index is -4.03.